The van der Waals surface area contributed by atoms with Crippen molar-refractivity contribution >= 4 is 17.4 Å². The van der Waals surface area contributed by atoms with Crippen molar-refractivity contribution in [1.82, 2.24) is 14.2 Å². The lowest BCUT2D eigenvalue weighted by molar-refractivity contribution is 0.782. The summed E-state index contributed by atoms with van der Waals surface area (Å²) < 4.78 is 5.78. The summed E-state index contributed by atoms with van der Waals surface area (Å²) in [6.07, 6.45) is 2.72. The van der Waals surface area contributed by atoms with Gasteiger partial charge in [-0.1, -0.05) is 6.92 Å². The average molecular weight is 208 g/mol. The van der Waals surface area contributed by atoms with E-state index >= 15 is 0 Å². The molecule has 2 rings (SSSR count). The van der Waals surface area contributed by atoms with Crippen LogP contribution in [-0.2, 0) is 13.5 Å². The zero-order chi connectivity index (χ0) is 10.1. The van der Waals surface area contributed by atoms with E-state index in [0.717, 1.165) is 29.1 Å². The van der Waals surface area contributed by atoms with Gasteiger partial charge in [0, 0.05) is 23.6 Å². The first kappa shape index (κ1) is 9.21. The molecule has 2 N–H and O–H groups in total. The first-order valence-electron chi connectivity index (χ1n) is 4.45. The van der Waals surface area contributed by atoms with Crippen LogP contribution in [0.3, 0.4) is 0 Å². The van der Waals surface area contributed by atoms with E-state index in [1.807, 2.05) is 18.6 Å². The highest BCUT2D eigenvalue weighted by molar-refractivity contribution is 7.03. The minimum absolute atomic E-state index is 0.744. The summed E-state index contributed by atoms with van der Waals surface area (Å²) >= 11 is 1.43. The van der Waals surface area contributed by atoms with Crippen molar-refractivity contribution < 1.29 is 0 Å². The zero-order valence-electron chi connectivity index (χ0n) is 8.19. The molecule has 0 saturated carbocycles. The maximum atomic E-state index is 5.90. The van der Waals surface area contributed by atoms with Crippen LogP contribution in [-0.4, -0.2) is 14.2 Å². The molecule has 14 heavy (non-hydrogen) atoms. The summed E-state index contributed by atoms with van der Waals surface area (Å²) in [6.45, 7) is 2.08. The Morgan fingerprint density at radius 3 is 2.93 bits per heavy atom. The van der Waals surface area contributed by atoms with Crippen molar-refractivity contribution in [3.8, 4) is 11.3 Å². The Hall–Kier alpha value is -1.36. The van der Waals surface area contributed by atoms with E-state index in [0.29, 0.717) is 0 Å². The number of nitrogens with two attached hydrogens (primary N) is 1. The van der Waals surface area contributed by atoms with Gasteiger partial charge in [0.2, 0.25) is 0 Å². The van der Waals surface area contributed by atoms with Gasteiger partial charge in [-0.3, -0.25) is 4.68 Å². The molecule has 74 valence electrons. The van der Waals surface area contributed by atoms with Gasteiger partial charge in [0.15, 0.2) is 0 Å². The van der Waals surface area contributed by atoms with Crippen molar-refractivity contribution in [2.45, 2.75) is 13.3 Å². The monoisotopic (exact) mass is 208 g/mol. The van der Waals surface area contributed by atoms with Gasteiger partial charge >= 0.3 is 0 Å². The number of hydrogen-bond donors (Lipinski definition) is 1. The predicted molar refractivity (Wildman–Crippen MR) is 58.1 cm³/mol. The van der Waals surface area contributed by atoms with E-state index in [2.05, 4.69) is 16.4 Å². The van der Waals surface area contributed by atoms with Crippen molar-refractivity contribution in [1.29, 1.82) is 0 Å². The topological polar surface area (TPSA) is 56.7 Å². The highest BCUT2D eigenvalue weighted by Gasteiger charge is 2.13. The molecule has 4 nitrogen and oxygen atoms in total. The molecule has 0 aliphatic heterocycles. The zero-order valence-corrected chi connectivity index (χ0v) is 9.01. The highest BCUT2D eigenvalue weighted by Crippen LogP contribution is 2.27. The Morgan fingerprint density at radius 1 is 1.57 bits per heavy atom. The smallest absolute Gasteiger partial charge is 0.125 e. The Labute approximate surface area is 86.5 Å². The van der Waals surface area contributed by atoms with Gasteiger partial charge in [0.1, 0.15) is 11.5 Å². The Morgan fingerprint density at radius 2 is 2.36 bits per heavy atom. The minimum atomic E-state index is 0.744. The van der Waals surface area contributed by atoms with Gasteiger partial charge in [-0.2, -0.15) is 5.10 Å². The third-order valence-corrected chi connectivity index (χ3v) is 2.84. The standard InChI is InChI=1S/C9H12N4S/c1-3-7-8(6-4-11-14-5-6)12-13(2)9(7)10/h4-5H,3,10H2,1-2H3. The molecule has 2 aromatic rings. The fraction of sp³-hybridized carbons (Fsp3) is 0.333. The molecule has 5 heteroatoms. The van der Waals surface area contributed by atoms with Crippen molar-refractivity contribution in [2.24, 2.45) is 7.05 Å². The SMILES string of the molecule is CCc1c(-c2cnsc2)nn(C)c1N. The van der Waals surface area contributed by atoms with Gasteiger partial charge in [-0.05, 0) is 18.0 Å². The highest BCUT2D eigenvalue weighted by atomic mass is 32.1. The fourth-order valence-electron chi connectivity index (χ4n) is 1.48. The van der Waals surface area contributed by atoms with Crippen LogP contribution in [0.5, 0.6) is 0 Å². The number of hydrogen-bond acceptors (Lipinski definition) is 4. The lowest BCUT2D eigenvalue weighted by Gasteiger charge is -1.96. The summed E-state index contributed by atoms with van der Waals surface area (Å²) in [7, 11) is 1.86. The summed E-state index contributed by atoms with van der Waals surface area (Å²) in [5.74, 6) is 0.744. The molecule has 2 heterocycles. The van der Waals surface area contributed by atoms with E-state index in [4.69, 9.17) is 5.73 Å². The molecule has 0 fully saturated rings. The van der Waals surface area contributed by atoms with Crippen LogP contribution in [0.2, 0.25) is 0 Å². The maximum Gasteiger partial charge on any atom is 0.125 e. The number of nitrogens with zero attached hydrogens (tertiary/aromatic N) is 3. The first-order chi connectivity index (χ1) is 6.74. The second-order valence-electron chi connectivity index (χ2n) is 3.10. The summed E-state index contributed by atoms with van der Waals surface area (Å²) in [5.41, 5.74) is 9.02. The van der Waals surface area contributed by atoms with E-state index in [1.165, 1.54) is 11.5 Å². The van der Waals surface area contributed by atoms with Crippen molar-refractivity contribution in [2.75, 3.05) is 5.73 Å². The fourth-order valence-corrected chi connectivity index (χ4v) is 2.00. The van der Waals surface area contributed by atoms with Gasteiger partial charge in [0.05, 0.1) is 6.20 Å². The lowest BCUT2D eigenvalue weighted by atomic mass is 10.1. The molecule has 0 aromatic carbocycles. The largest absolute Gasteiger partial charge is 0.384 e. The van der Waals surface area contributed by atoms with Crippen LogP contribution >= 0.6 is 11.5 Å². The van der Waals surface area contributed by atoms with Crippen LogP contribution in [0.4, 0.5) is 5.82 Å². The minimum Gasteiger partial charge on any atom is -0.384 e. The van der Waals surface area contributed by atoms with E-state index in [1.54, 1.807) is 4.68 Å². The average Bonchev–Trinajstić information content (AvgIpc) is 2.76. The van der Waals surface area contributed by atoms with Gasteiger partial charge in [0.25, 0.3) is 0 Å². The van der Waals surface area contributed by atoms with Crippen molar-refractivity contribution in [3.05, 3.63) is 17.1 Å². The second-order valence-corrected chi connectivity index (χ2v) is 3.76. The predicted octanol–water partition coefficient (Wildman–Crippen LogP) is 1.69. The first-order valence-corrected chi connectivity index (χ1v) is 5.28. The summed E-state index contributed by atoms with van der Waals surface area (Å²) in [6, 6.07) is 0. The second kappa shape index (κ2) is 3.42. The van der Waals surface area contributed by atoms with Gasteiger partial charge in [-0.15, -0.1) is 0 Å². The number of aryl methyl sites for hydroxylation is 1. The van der Waals surface area contributed by atoms with E-state index in [9.17, 15) is 0 Å². The summed E-state index contributed by atoms with van der Waals surface area (Å²) in [4.78, 5) is 0. The maximum absolute atomic E-state index is 5.90. The van der Waals surface area contributed by atoms with E-state index < -0.39 is 0 Å². The van der Waals surface area contributed by atoms with Gasteiger partial charge in [-0.25, -0.2) is 4.37 Å². The molecule has 0 radical (unpaired) electrons. The lowest BCUT2D eigenvalue weighted by Crippen LogP contribution is -1.98. The molecule has 0 aliphatic rings. The van der Waals surface area contributed by atoms with Crippen LogP contribution in [0, 0.1) is 0 Å². The van der Waals surface area contributed by atoms with Crippen LogP contribution < -0.4 is 5.73 Å². The van der Waals surface area contributed by atoms with Gasteiger partial charge < -0.3 is 5.73 Å². The summed E-state index contributed by atoms with van der Waals surface area (Å²) in [5, 5.41) is 6.37. The number of rotatable bonds is 2. The Bertz CT molecular complexity index is 430. The third-order valence-electron chi connectivity index (χ3n) is 2.25. The molecule has 0 unspecified atom stereocenters. The molecule has 0 atom stereocenters. The van der Waals surface area contributed by atoms with Crippen LogP contribution in [0.1, 0.15) is 12.5 Å². The van der Waals surface area contributed by atoms with Crippen molar-refractivity contribution in [3.63, 3.8) is 0 Å². The van der Waals surface area contributed by atoms with Crippen LogP contribution in [0.15, 0.2) is 11.6 Å². The quantitative estimate of drug-likeness (QED) is 0.817. The normalized spacial score (nSPS) is 10.7. The van der Waals surface area contributed by atoms with Crippen LogP contribution in [0.25, 0.3) is 11.3 Å². The number of aromatic nitrogens is 3. The number of nitrogen functional groups attached to an aromatic ring is 1. The molecule has 0 amide bonds. The molecular formula is C9H12N4S. The molecule has 0 spiro atoms. The Kier molecular flexibility index (Phi) is 2.25. The van der Waals surface area contributed by atoms with E-state index in [-0.39, 0.29) is 0 Å². The molecule has 0 aliphatic carbocycles. The molecular weight excluding hydrogens is 196 g/mol. The molecule has 2 aromatic heterocycles. The third kappa shape index (κ3) is 1.29. The number of anilines is 1. The Balaban J connectivity index is 2.59. The molecule has 0 bridgehead atoms. The molecule has 0 saturated heterocycles.